The van der Waals surface area contributed by atoms with Crippen molar-refractivity contribution in [2.75, 3.05) is 39.9 Å². The van der Waals surface area contributed by atoms with Crippen LogP contribution in [-0.2, 0) is 9.53 Å². The van der Waals surface area contributed by atoms with Crippen LogP contribution in [0.15, 0.2) is 12.7 Å². The Hall–Kier alpha value is -0.870. The van der Waals surface area contributed by atoms with Crippen LogP contribution in [-0.4, -0.2) is 50.7 Å². The van der Waals surface area contributed by atoms with Crippen molar-refractivity contribution in [3.63, 3.8) is 0 Å². The lowest BCUT2D eigenvalue weighted by Crippen LogP contribution is -2.51. The van der Waals surface area contributed by atoms with Gasteiger partial charge in [-0.1, -0.05) is 13.0 Å². The monoisotopic (exact) mass is 254 g/mol. The van der Waals surface area contributed by atoms with Gasteiger partial charge < -0.3 is 15.0 Å². The van der Waals surface area contributed by atoms with E-state index in [-0.39, 0.29) is 11.3 Å². The van der Waals surface area contributed by atoms with Crippen LogP contribution in [0.2, 0.25) is 0 Å². The van der Waals surface area contributed by atoms with Gasteiger partial charge in [-0.2, -0.15) is 0 Å². The minimum Gasteiger partial charge on any atom is -0.384 e. The Morgan fingerprint density at radius 2 is 2.17 bits per heavy atom. The van der Waals surface area contributed by atoms with Gasteiger partial charge in [0.1, 0.15) is 0 Å². The number of nitrogens with zero attached hydrogens (tertiary/aromatic N) is 1. The van der Waals surface area contributed by atoms with Crippen LogP contribution in [0.3, 0.4) is 0 Å². The standard InChI is InChI=1S/C14H26N2O2/c1-4-10-16(11-5-2)13(17)14(12-18-3)6-8-15-9-7-14/h4,15H,1,5-12H2,2-3H3. The molecule has 0 atom stereocenters. The van der Waals surface area contributed by atoms with E-state index in [0.717, 1.165) is 38.9 Å². The van der Waals surface area contributed by atoms with Gasteiger partial charge in [-0.15, -0.1) is 6.58 Å². The lowest BCUT2D eigenvalue weighted by atomic mass is 9.78. The molecule has 0 bridgehead atoms. The van der Waals surface area contributed by atoms with Crippen molar-refractivity contribution in [3.8, 4) is 0 Å². The first kappa shape index (κ1) is 15.2. The average Bonchev–Trinajstić information content (AvgIpc) is 2.39. The number of hydrogen-bond acceptors (Lipinski definition) is 3. The summed E-state index contributed by atoms with van der Waals surface area (Å²) in [5.41, 5.74) is -0.335. The molecule has 4 nitrogen and oxygen atoms in total. The summed E-state index contributed by atoms with van der Waals surface area (Å²) in [4.78, 5) is 14.7. The summed E-state index contributed by atoms with van der Waals surface area (Å²) in [5, 5.41) is 3.31. The van der Waals surface area contributed by atoms with Crippen molar-refractivity contribution in [1.82, 2.24) is 10.2 Å². The maximum absolute atomic E-state index is 12.8. The number of carbonyl (C=O) groups excluding carboxylic acids is 1. The fourth-order valence-corrected chi connectivity index (χ4v) is 2.64. The van der Waals surface area contributed by atoms with Gasteiger partial charge in [0, 0.05) is 20.2 Å². The number of amides is 1. The third-order valence-electron chi connectivity index (χ3n) is 3.57. The number of rotatable bonds is 7. The molecule has 1 aliphatic rings. The molecule has 1 fully saturated rings. The summed E-state index contributed by atoms with van der Waals surface area (Å²) in [7, 11) is 1.68. The second-order valence-corrected chi connectivity index (χ2v) is 5.00. The van der Waals surface area contributed by atoms with Crippen molar-refractivity contribution in [3.05, 3.63) is 12.7 Å². The number of piperidine rings is 1. The first-order chi connectivity index (χ1) is 8.70. The number of ether oxygens (including phenoxy) is 1. The molecule has 4 heteroatoms. The van der Waals surface area contributed by atoms with Gasteiger partial charge in [0.15, 0.2) is 0 Å². The maximum Gasteiger partial charge on any atom is 0.231 e. The van der Waals surface area contributed by atoms with E-state index in [0.29, 0.717) is 13.2 Å². The van der Waals surface area contributed by atoms with Gasteiger partial charge >= 0.3 is 0 Å². The summed E-state index contributed by atoms with van der Waals surface area (Å²) >= 11 is 0. The molecule has 0 unspecified atom stereocenters. The molecule has 1 N–H and O–H groups in total. The Kier molecular flexibility index (Phi) is 6.36. The molecule has 1 aliphatic heterocycles. The molecular weight excluding hydrogens is 228 g/mol. The van der Waals surface area contributed by atoms with Crippen LogP contribution in [0.25, 0.3) is 0 Å². The largest absolute Gasteiger partial charge is 0.384 e. The van der Waals surface area contributed by atoms with Crippen molar-refractivity contribution >= 4 is 5.91 Å². The first-order valence-corrected chi connectivity index (χ1v) is 6.80. The normalized spacial score (nSPS) is 18.3. The van der Waals surface area contributed by atoms with Crippen molar-refractivity contribution < 1.29 is 9.53 Å². The molecule has 18 heavy (non-hydrogen) atoms. The lowest BCUT2D eigenvalue weighted by molar-refractivity contribution is -0.147. The van der Waals surface area contributed by atoms with E-state index in [9.17, 15) is 4.79 Å². The van der Waals surface area contributed by atoms with Crippen LogP contribution in [0.1, 0.15) is 26.2 Å². The van der Waals surface area contributed by atoms with Crippen molar-refractivity contribution in [2.24, 2.45) is 5.41 Å². The molecule has 104 valence electrons. The molecule has 0 aliphatic carbocycles. The first-order valence-electron chi connectivity index (χ1n) is 6.80. The number of nitrogens with one attached hydrogen (secondary N) is 1. The fraction of sp³-hybridized carbons (Fsp3) is 0.786. The smallest absolute Gasteiger partial charge is 0.231 e. The quantitative estimate of drug-likeness (QED) is 0.699. The molecule has 0 spiro atoms. The van der Waals surface area contributed by atoms with Gasteiger partial charge in [-0.25, -0.2) is 0 Å². The highest BCUT2D eigenvalue weighted by atomic mass is 16.5. The number of methoxy groups -OCH3 is 1. The zero-order chi connectivity index (χ0) is 13.4. The minimum atomic E-state index is -0.335. The van der Waals surface area contributed by atoms with E-state index >= 15 is 0 Å². The molecule has 0 saturated carbocycles. The van der Waals surface area contributed by atoms with Crippen molar-refractivity contribution in [2.45, 2.75) is 26.2 Å². The fourth-order valence-electron chi connectivity index (χ4n) is 2.64. The average molecular weight is 254 g/mol. The molecule has 0 aromatic heterocycles. The highest BCUT2D eigenvalue weighted by molar-refractivity contribution is 5.83. The van der Waals surface area contributed by atoms with E-state index in [4.69, 9.17) is 4.74 Å². The predicted molar refractivity (Wildman–Crippen MR) is 73.5 cm³/mol. The Morgan fingerprint density at radius 1 is 1.50 bits per heavy atom. The summed E-state index contributed by atoms with van der Waals surface area (Å²) in [6.07, 6.45) is 4.49. The van der Waals surface area contributed by atoms with E-state index < -0.39 is 0 Å². The zero-order valence-electron chi connectivity index (χ0n) is 11.7. The maximum atomic E-state index is 12.8. The molecule has 0 aromatic rings. The summed E-state index contributed by atoms with van der Waals surface area (Å²) < 4.78 is 5.31. The summed E-state index contributed by atoms with van der Waals surface area (Å²) in [6.45, 7) is 9.56. The van der Waals surface area contributed by atoms with Crippen LogP contribution in [0.5, 0.6) is 0 Å². The van der Waals surface area contributed by atoms with E-state index in [1.54, 1.807) is 13.2 Å². The Balaban J connectivity index is 2.81. The highest BCUT2D eigenvalue weighted by Crippen LogP contribution is 2.31. The predicted octanol–water partition coefficient (Wildman–Crippen LogP) is 1.43. The van der Waals surface area contributed by atoms with Crippen molar-refractivity contribution in [1.29, 1.82) is 0 Å². The topological polar surface area (TPSA) is 41.6 Å². The molecule has 1 rings (SSSR count). The molecule has 0 radical (unpaired) electrons. The van der Waals surface area contributed by atoms with Crippen LogP contribution in [0.4, 0.5) is 0 Å². The molecule has 1 saturated heterocycles. The van der Waals surface area contributed by atoms with Crippen LogP contribution >= 0.6 is 0 Å². The number of carbonyl (C=O) groups is 1. The van der Waals surface area contributed by atoms with Gasteiger partial charge in [0.2, 0.25) is 5.91 Å². The van der Waals surface area contributed by atoms with Crippen LogP contribution in [0, 0.1) is 5.41 Å². The zero-order valence-corrected chi connectivity index (χ0v) is 11.7. The highest BCUT2D eigenvalue weighted by Gasteiger charge is 2.41. The van der Waals surface area contributed by atoms with Gasteiger partial charge in [0.05, 0.1) is 12.0 Å². The molecule has 0 aromatic carbocycles. The second-order valence-electron chi connectivity index (χ2n) is 5.00. The molecule has 1 heterocycles. The molecular formula is C14H26N2O2. The second kappa shape index (κ2) is 7.54. The molecule has 1 amide bonds. The van der Waals surface area contributed by atoms with E-state index in [1.807, 2.05) is 4.90 Å². The van der Waals surface area contributed by atoms with E-state index in [2.05, 4.69) is 18.8 Å². The SMILES string of the molecule is C=CCN(CCC)C(=O)C1(COC)CCNCC1. The third kappa shape index (κ3) is 3.56. The van der Waals surface area contributed by atoms with Gasteiger partial charge in [-0.05, 0) is 32.4 Å². The Morgan fingerprint density at radius 3 is 2.67 bits per heavy atom. The summed E-state index contributed by atoms with van der Waals surface area (Å²) in [5.74, 6) is 0.229. The lowest BCUT2D eigenvalue weighted by Gasteiger charge is -2.39. The Bertz CT molecular complexity index is 267. The van der Waals surface area contributed by atoms with Crippen LogP contribution < -0.4 is 5.32 Å². The van der Waals surface area contributed by atoms with E-state index in [1.165, 1.54) is 0 Å². The summed E-state index contributed by atoms with van der Waals surface area (Å²) in [6, 6.07) is 0. The van der Waals surface area contributed by atoms with Gasteiger partial charge in [0.25, 0.3) is 0 Å². The van der Waals surface area contributed by atoms with Gasteiger partial charge in [-0.3, -0.25) is 4.79 Å². The Labute approximate surface area is 110 Å². The number of hydrogen-bond donors (Lipinski definition) is 1. The minimum absolute atomic E-state index is 0.229. The third-order valence-corrected chi connectivity index (χ3v) is 3.57.